The lowest BCUT2D eigenvalue weighted by molar-refractivity contribution is -0.236. The molecule has 3 atom stereocenters. The van der Waals surface area contributed by atoms with Crippen LogP contribution in [0.1, 0.15) is 45.1 Å². The summed E-state index contributed by atoms with van der Waals surface area (Å²) in [6, 6.07) is 13.8. The van der Waals surface area contributed by atoms with Crippen molar-refractivity contribution in [2.24, 2.45) is 11.7 Å². The second-order valence-corrected chi connectivity index (χ2v) is 10.6. The molecule has 0 aromatic heterocycles. The van der Waals surface area contributed by atoms with E-state index in [9.17, 15) is 14.7 Å². The first-order valence-electron chi connectivity index (χ1n) is 12.5. The fourth-order valence-corrected chi connectivity index (χ4v) is 4.47. The average Bonchev–Trinajstić information content (AvgIpc) is 2.89. The van der Waals surface area contributed by atoms with Gasteiger partial charge < -0.3 is 10.8 Å². The number of nitrogens with zero attached hydrogens (tertiary/aromatic N) is 1. The summed E-state index contributed by atoms with van der Waals surface area (Å²) < 4.78 is 0. The number of rotatable bonds is 17. The number of carbonyl (C=O) groups is 2. The highest BCUT2D eigenvalue weighted by Gasteiger charge is 2.47. The minimum absolute atomic E-state index is 0.121. The molecule has 2 aromatic carbocycles. The van der Waals surface area contributed by atoms with Crippen LogP contribution in [-0.2, 0) is 20.8 Å². The van der Waals surface area contributed by atoms with Crippen molar-refractivity contribution in [3.05, 3.63) is 48.0 Å². The molecule has 0 fully saturated rings. The van der Waals surface area contributed by atoms with Gasteiger partial charge in [-0.15, -0.1) is 0 Å². The second-order valence-electron chi connectivity index (χ2n) is 9.24. The largest absolute Gasteiger partial charge is 0.478 e. The number of aliphatic carboxylic acids is 1. The van der Waals surface area contributed by atoms with E-state index in [0.29, 0.717) is 23.8 Å². The van der Waals surface area contributed by atoms with Crippen LogP contribution in [0.25, 0.3) is 10.8 Å². The summed E-state index contributed by atoms with van der Waals surface area (Å²) in [6.07, 6.45) is 4.37. The predicted molar refractivity (Wildman–Crippen MR) is 152 cm³/mol. The summed E-state index contributed by atoms with van der Waals surface area (Å²) in [6.45, 7) is 4.65. The number of hydrogen-bond acceptors (Lipinski definition) is 7. The SMILES string of the molecule is CC[C@H](C)CCON(C(=O)CCc1ccc2ccccc2c1)[C@](CCSC)(NCC(N)CS)C(=O)O. The maximum atomic E-state index is 13.6. The molecule has 1 unspecified atom stereocenters. The van der Waals surface area contributed by atoms with Crippen molar-refractivity contribution in [2.75, 3.05) is 30.9 Å². The third-order valence-electron chi connectivity index (χ3n) is 6.46. The molecule has 0 saturated heterocycles. The van der Waals surface area contributed by atoms with E-state index in [4.69, 9.17) is 10.6 Å². The van der Waals surface area contributed by atoms with E-state index in [1.54, 1.807) is 0 Å². The molecular weight excluding hydrogens is 494 g/mol. The zero-order chi connectivity index (χ0) is 26.6. The number of thioether (sulfide) groups is 1. The smallest absolute Gasteiger partial charge is 0.347 e. The maximum Gasteiger partial charge on any atom is 0.347 e. The number of aryl methyl sites for hydroxylation is 1. The first-order chi connectivity index (χ1) is 17.3. The van der Waals surface area contributed by atoms with Gasteiger partial charge in [0.05, 0.1) is 6.61 Å². The number of carboxylic acids is 1. The van der Waals surface area contributed by atoms with Gasteiger partial charge in [-0.2, -0.15) is 29.5 Å². The Morgan fingerprint density at radius 3 is 2.61 bits per heavy atom. The molecule has 7 nitrogen and oxygen atoms in total. The van der Waals surface area contributed by atoms with Crippen LogP contribution < -0.4 is 11.1 Å². The van der Waals surface area contributed by atoms with Crippen LogP contribution in [0.15, 0.2) is 42.5 Å². The van der Waals surface area contributed by atoms with Gasteiger partial charge >= 0.3 is 5.97 Å². The van der Waals surface area contributed by atoms with Crippen LogP contribution in [0.2, 0.25) is 0 Å². The van der Waals surface area contributed by atoms with E-state index in [1.807, 2.05) is 42.7 Å². The number of hydroxylamine groups is 2. The minimum atomic E-state index is -1.72. The van der Waals surface area contributed by atoms with Gasteiger partial charge in [-0.25, -0.2) is 4.79 Å². The number of thiol groups is 1. The fourth-order valence-electron chi connectivity index (χ4n) is 3.84. The van der Waals surface area contributed by atoms with E-state index in [0.717, 1.165) is 34.2 Å². The van der Waals surface area contributed by atoms with Crippen LogP contribution >= 0.6 is 24.4 Å². The van der Waals surface area contributed by atoms with E-state index < -0.39 is 11.6 Å². The minimum Gasteiger partial charge on any atom is -0.478 e. The molecule has 4 N–H and O–H groups in total. The molecule has 0 heterocycles. The van der Waals surface area contributed by atoms with Gasteiger partial charge in [-0.1, -0.05) is 62.7 Å². The van der Waals surface area contributed by atoms with Crippen LogP contribution in [0, 0.1) is 5.92 Å². The number of benzene rings is 2. The number of fused-ring (bicyclic) bond motifs is 1. The van der Waals surface area contributed by atoms with Gasteiger partial charge in [0.15, 0.2) is 0 Å². The molecule has 0 aliphatic heterocycles. The van der Waals surface area contributed by atoms with Crippen LogP contribution in [0.4, 0.5) is 0 Å². The molecule has 200 valence electrons. The van der Waals surface area contributed by atoms with E-state index >= 15 is 0 Å². The van der Waals surface area contributed by atoms with Crippen LogP contribution in [-0.4, -0.2) is 64.7 Å². The van der Waals surface area contributed by atoms with Crippen molar-refractivity contribution in [2.45, 2.75) is 57.7 Å². The molecule has 2 aromatic rings. The van der Waals surface area contributed by atoms with Gasteiger partial charge in [0, 0.05) is 31.2 Å². The summed E-state index contributed by atoms with van der Waals surface area (Å²) in [5.74, 6) is -0.224. The number of hydrogen-bond donors (Lipinski definition) is 4. The maximum absolute atomic E-state index is 13.6. The number of nitrogens with one attached hydrogen (secondary N) is 1. The monoisotopic (exact) mass is 535 g/mol. The summed E-state index contributed by atoms with van der Waals surface area (Å²) in [5.41, 5.74) is 5.33. The molecule has 2 rings (SSSR count). The lowest BCUT2D eigenvalue weighted by Crippen LogP contribution is -2.67. The number of amides is 1. The van der Waals surface area contributed by atoms with Crippen molar-refractivity contribution in [3.8, 4) is 0 Å². The van der Waals surface area contributed by atoms with Gasteiger partial charge in [0.2, 0.25) is 11.6 Å². The summed E-state index contributed by atoms with van der Waals surface area (Å²) >= 11 is 5.74. The number of carboxylic acid groups (broad SMARTS) is 1. The normalized spacial score (nSPS) is 14.8. The second kappa shape index (κ2) is 15.5. The van der Waals surface area contributed by atoms with E-state index in [2.05, 4.69) is 37.9 Å². The third-order valence-corrected chi connectivity index (χ3v) is 7.54. The standard InChI is InChI=1S/C27H41N3O4S2/c1-4-20(2)13-15-34-30(27(26(32)33,14-16-36-3)29-18-24(28)19-35)25(31)12-10-21-9-11-22-7-5-6-8-23(22)17-21/h5-9,11,17,20,24,29,35H,4,10,12-16,18-19,28H2,1-3H3,(H,32,33)/t20-,24?,27-/m0/s1. The molecule has 36 heavy (non-hydrogen) atoms. The van der Waals surface area contributed by atoms with Crippen molar-refractivity contribution < 1.29 is 19.5 Å². The Labute approximate surface area is 224 Å². The summed E-state index contributed by atoms with van der Waals surface area (Å²) in [4.78, 5) is 32.3. The number of carbonyl (C=O) groups excluding carboxylic acids is 1. The highest BCUT2D eigenvalue weighted by Crippen LogP contribution is 2.24. The molecule has 9 heteroatoms. The van der Waals surface area contributed by atoms with Crippen molar-refractivity contribution >= 4 is 47.0 Å². The fraction of sp³-hybridized carbons (Fsp3) is 0.556. The molecule has 1 amide bonds. The van der Waals surface area contributed by atoms with Gasteiger partial charge in [-0.3, -0.25) is 14.9 Å². The van der Waals surface area contributed by atoms with Gasteiger partial charge in [0.1, 0.15) is 0 Å². The molecule has 0 saturated carbocycles. The molecule has 0 aliphatic rings. The summed E-state index contributed by atoms with van der Waals surface area (Å²) in [7, 11) is 0. The Balaban J connectivity index is 2.30. The van der Waals surface area contributed by atoms with Gasteiger partial charge in [-0.05, 0) is 47.1 Å². The third kappa shape index (κ3) is 8.66. The quantitative estimate of drug-likeness (QED) is 0.136. The predicted octanol–water partition coefficient (Wildman–Crippen LogP) is 4.35. The Morgan fingerprint density at radius 2 is 1.97 bits per heavy atom. The van der Waals surface area contributed by atoms with E-state index in [-0.39, 0.29) is 37.9 Å². The lowest BCUT2D eigenvalue weighted by Gasteiger charge is -2.40. The molecular formula is C27H41N3O4S2. The first kappa shape index (κ1) is 30.4. The molecule has 0 bridgehead atoms. The van der Waals surface area contributed by atoms with E-state index in [1.165, 1.54) is 11.8 Å². The Kier molecular flexibility index (Phi) is 13.1. The Hall–Kier alpha value is -1.78. The number of nitrogens with two attached hydrogens (primary N) is 1. The summed E-state index contributed by atoms with van der Waals surface area (Å²) in [5, 5.41) is 16.8. The van der Waals surface area contributed by atoms with Crippen molar-refractivity contribution in [3.63, 3.8) is 0 Å². The lowest BCUT2D eigenvalue weighted by atomic mass is 10.0. The Bertz CT molecular complexity index is 977. The van der Waals surface area contributed by atoms with Crippen molar-refractivity contribution in [1.82, 2.24) is 10.4 Å². The highest BCUT2D eigenvalue weighted by molar-refractivity contribution is 7.98. The first-order valence-corrected chi connectivity index (χ1v) is 14.6. The topological polar surface area (TPSA) is 105 Å². The average molecular weight is 536 g/mol. The Morgan fingerprint density at radius 1 is 1.25 bits per heavy atom. The van der Waals surface area contributed by atoms with Crippen molar-refractivity contribution in [1.29, 1.82) is 0 Å². The van der Waals surface area contributed by atoms with Crippen LogP contribution in [0.3, 0.4) is 0 Å². The zero-order valence-corrected chi connectivity index (χ0v) is 23.3. The molecule has 0 aliphatic carbocycles. The zero-order valence-electron chi connectivity index (χ0n) is 21.6. The van der Waals surface area contributed by atoms with Crippen LogP contribution in [0.5, 0.6) is 0 Å². The van der Waals surface area contributed by atoms with Gasteiger partial charge in [0.25, 0.3) is 0 Å². The molecule has 0 radical (unpaired) electrons. The molecule has 0 spiro atoms. The highest BCUT2D eigenvalue weighted by atomic mass is 32.2.